The molecule has 108 valence electrons. The molecule has 0 amide bonds. The van der Waals surface area contributed by atoms with Crippen molar-refractivity contribution < 1.29 is 18.0 Å². The van der Waals surface area contributed by atoms with Crippen molar-refractivity contribution in [2.24, 2.45) is 0 Å². The molecule has 1 aliphatic rings. The van der Waals surface area contributed by atoms with Crippen LogP contribution in [0.2, 0.25) is 0 Å². The molecular weight excluding hydrogens is 250 g/mol. The molecule has 2 atom stereocenters. The first-order valence-corrected chi connectivity index (χ1v) is 8.69. The maximum atomic E-state index is 6.06. The van der Waals surface area contributed by atoms with E-state index < -0.39 is 8.80 Å². The summed E-state index contributed by atoms with van der Waals surface area (Å²) in [5, 5.41) is 0. The molecule has 2 unspecified atom stereocenters. The van der Waals surface area contributed by atoms with Crippen molar-refractivity contribution in [2.75, 3.05) is 39.6 Å². The van der Waals surface area contributed by atoms with E-state index in [1.54, 1.807) is 7.11 Å². The van der Waals surface area contributed by atoms with E-state index >= 15 is 0 Å². The highest BCUT2D eigenvalue weighted by Crippen LogP contribution is 2.18. The van der Waals surface area contributed by atoms with Crippen molar-refractivity contribution in [1.29, 1.82) is 0 Å². The van der Waals surface area contributed by atoms with Crippen LogP contribution in [0.3, 0.4) is 0 Å². The zero-order valence-corrected chi connectivity index (χ0v) is 13.3. The third-order valence-electron chi connectivity index (χ3n) is 3.09. The van der Waals surface area contributed by atoms with Crippen LogP contribution in [-0.4, -0.2) is 65.5 Å². The van der Waals surface area contributed by atoms with Crippen molar-refractivity contribution in [2.45, 2.75) is 39.9 Å². The van der Waals surface area contributed by atoms with E-state index in [1.807, 2.05) is 13.8 Å². The van der Waals surface area contributed by atoms with E-state index in [4.69, 9.17) is 18.0 Å². The Bertz CT molecular complexity index is 226. The summed E-state index contributed by atoms with van der Waals surface area (Å²) in [6.45, 7) is 11.4. The molecule has 0 N–H and O–H groups in total. The zero-order valence-electron chi connectivity index (χ0n) is 12.3. The standard InChI is InChI=1S/C12H27NO4Si/c1-6-13(7-2)10-18(14-5)16-11(3)8-15-9-12(4)17-18/h11-12H,6-10H2,1-5H3. The average molecular weight is 277 g/mol. The van der Waals surface area contributed by atoms with Gasteiger partial charge in [-0.25, -0.2) is 0 Å². The number of rotatable bonds is 5. The van der Waals surface area contributed by atoms with Crippen molar-refractivity contribution in [3.05, 3.63) is 0 Å². The van der Waals surface area contributed by atoms with Crippen molar-refractivity contribution in [3.8, 4) is 0 Å². The molecule has 1 saturated heterocycles. The minimum Gasteiger partial charge on any atom is -0.376 e. The Balaban J connectivity index is 2.77. The van der Waals surface area contributed by atoms with Gasteiger partial charge in [-0.1, -0.05) is 13.8 Å². The third-order valence-corrected chi connectivity index (χ3v) is 6.07. The van der Waals surface area contributed by atoms with Crippen LogP contribution in [0.1, 0.15) is 27.7 Å². The summed E-state index contributed by atoms with van der Waals surface area (Å²) in [5.41, 5.74) is 0. The van der Waals surface area contributed by atoms with Crippen molar-refractivity contribution >= 4 is 8.80 Å². The Morgan fingerprint density at radius 1 is 1.11 bits per heavy atom. The molecule has 5 nitrogen and oxygen atoms in total. The van der Waals surface area contributed by atoms with E-state index in [1.165, 1.54) is 0 Å². The predicted molar refractivity (Wildman–Crippen MR) is 72.5 cm³/mol. The summed E-state index contributed by atoms with van der Waals surface area (Å²) in [6, 6.07) is 0. The van der Waals surface area contributed by atoms with Gasteiger partial charge in [0.15, 0.2) is 0 Å². The molecule has 0 saturated carbocycles. The van der Waals surface area contributed by atoms with E-state index in [-0.39, 0.29) is 12.2 Å². The van der Waals surface area contributed by atoms with Crippen LogP contribution >= 0.6 is 0 Å². The molecule has 0 aliphatic carbocycles. The summed E-state index contributed by atoms with van der Waals surface area (Å²) in [6.07, 6.45) is 0.768. The fourth-order valence-electron chi connectivity index (χ4n) is 2.07. The second-order valence-electron chi connectivity index (χ2n) is 4.74. The Morgan fingerprint density at radius 2 is 1.61 bits per heavy atom. The molecule has 0 aromatic rings. The molecule has 0 spiro atoms. The summed E-state index contributed by atoms with van der Waals surface area (Å²) in [4.78, 5) is 2.29. The van der Waals surface area contributed by atoms with Gasteiger partial charge in [0.1, 0.15) is 0 Å². The smallest absolute Gasteiger partial charge is 0.376 e. The first-order valence-electron chi connectivity index (χ1n) is 6.76. The molecule has 1 aliphatic heterocycles. The molecular formula is C12H27NO4Si. The summed E-state index contributed by atoms with van der Waals surface area (Å²) in [7, 11) is -0.932. The van der Waals surface area contributed by atoms with Gasteiger partial charge in [-0.05, 0) is 26.9 Å². The van der Waals surface area contributed by atoms with Gasteiger partial charge in [0.2, 0.25) is 0 Å². The van der Waals surface area contributed by atoms with Gasteiger partial charge in [0.05, 0.1) is 31.6 Å². The van der Waals surface area contributed by atoms with Crippen LogP contribution in [0, 0.1) is 0 Å². The summed E-state index contributed by atoms with van der Waals surface area (Å²) in [5.74, 6) is 0. The highest BCUT2D eigenvalue weighted by molar-refractivity contribution is 6.61. The maximum absolute atomic E-state index is 6.06. The predicted octanol–water partition coefficient (Wildman–Crippen LogP) is 1.29. The fourth-order valence-corrected chi connectivity index (χ4v) is 4.95. The van der Waals surface area contributed by atoms with Crippen LogP contribution in [0.25, 0.3) is 0 Å². The molecule has 0 radical (unpaired) electrons. The van der Waals surface area contributed by atoms with Crippen LogP contribution in [0.4, 0.5) is 0 Å². The van der Waals surface area contributed by atoms with Crippen LogP contribution in [-0.2, 0) is 18.0 Å². The van der Waals surface area contributed by atoms with E-state index in [2.05, 4.69) is 18.7 Å². The Hall–Kier alpha value is 0.0169. The number of hydrogen-bond acceptors (Lipinski definition) is 5. The number of ether oxygens (including phenoxy) is 1. The highest BCUT2D eigenvalue weighted by Gasteiger charge is 2.45. The van der Waals surface area contributed by atoms with Gasteiger partial charge in [-0.2, -0.15) is 0 Å². The quantitative estimate of drug-likeness (QED) is 0.708. The summed E-state index contributed by atoms with van der Waals surface area (Å²) < 4.78 is 23.3. The van der Waals surface area contributed by atoms with E-state index in [0.717, 1.165) is 19.3 Å². The first kappa shape index (κ1) is 16.1. The van der Waals surface area contributed by atoms with E-state index in [0.29, 0.717) is 13.2 Å². The second kappa shape index (κ2) is 7.57. The molecule has 1 heterocycles. The molecule has 0 aromatic heterocycles. The lowest BCUT2D eigenvalue weighted by atomic mass is 10.4. The van der Waals surface area contributed by atoms with Crippen LogP contribution in [0.15, 0.2) is 0 Å². The fraction of sp³-hybridized carbons (Fsp3) is 1.00. The third kappa shape index (κ3) is 4.60. The molecule has 18 heavy (non-hydrogen) atoms. The van der Waals surface area contributed by atoms with E-state index in [9.17, 15) is 0 Å². The maximum Gasteiger partial charge on any atom is 0.516 e. The van der Waals surface area contributed by atoms with Crippen LogP contribution < -0.4 is 0 Å². The molecule has 0 bridgehead atoms. The van der Waals surface area contributed by atoms with Gasteiger partial charge in [-0.3, -0.25) is 4.90 Å². The minimum atomic E-state index is -2.62. The number of hydrogen-bond donors (Lipinski definition) is 0. The SMILES string of the molecule is CCN(CC)C[Si]1(OC)OC(C)COCC(C)O1. The molecule has 1 rings (SSSR count). The Kier molecular flexibility index (Phi) is 6.76. The van der Waals surface area contributed by atoms with Crippen molar-refractivity contribution in [3.63, 3.8) is 0 Å². The minimum absolute atomic E-state index is 0.0136. The average Bonchev–Trinajstić information content (AvgIpc) is 2.33. The molecule has 6 heteroatoms. The Labute approximate surface area is 112 Å². The number of nitrogens with zero attached hydrogens (tertiary/aromatic N) is 1. The van der Waals surface area contributed by atoms with Crippen LogP contribution in [0.5, 0.6) is 0 Å². The lowest BCUT2D eigenvalue weighted by Crippen LogP contribution is -2.59. The largest absolute Gasteiger partial charge is 0.516 e. The Morgan fingerprint density at radius 3 is 2.00 bits per heavy atom. The highest BCUT2D eigenvalue weighted by atomic mass is 28.4. The molecule has 0 aromatic carbocycles. The lowest BCUT2D eigenvalue weighted by molar-refractivity contribution is -0.0713. The second-order valence-corrected chi connectivity index (χ2v) is 7.30. The van der Waals surface area contributed by atoms with Gasteiger partial charge in [0, 0.05) is 7.11 Å². The zero-order chi connectivity index (χ0) is 13.6. The van der Waals surface area contributed by atoms with Crippen molar-refractivity contribution in [1.82, 2.24) is 4.90 Å². The normalized spacial score (nSPS) is 34.3. The molecule has 1 fully saturated rings. The van der Waals surface area contributed by atoms with Gasteiger partial charge < -0.3 is 18.0 Å². The van der Waals surface area contributed by atoms with Gasteiger partial charge >= 0.3 is 8.80 Å². The first-order chi connectivity index (χ1) is 8.55. The van der Waals surface area contributed by atoms with Gasteiger partial charge in [-0.15, -0.1) is 0 Å². The lowest BCUT2D eigenvalue weighted by Gasteiger charge is -2.38. The summed E-state index contributed by atoms with van der Waals surface area (Å²) >= 11 is 0. The topological polar surface area (TPSA) is 40.2 Å². The monoisotopic (exact) mass is 277 g/mol. The van der Waals surface area contributed by atoms with Gasteiger partial charge in [0.25, 0.3) is 0 Å².